The fraction of sp³-hybridized carbons (Fsp3) is 0.467. The number of hydrazone groups is 1. The van der Waals surface area contributed by atoms with Crippen molar-refractivity contribution in [2.75, 3.05) is 6.54 Å². The van der Waals surface area contributed by atoms with Crippen LogP contribution in [-0.2, 0) is 0 Å². The number of nitrogens with zero attached hydrogens (tertiary/aromatic N) is 1. The zero-order valence-electron chi connectivity index (χ0n) is 11.9. The lowest BCUT2D eigenvalue weighted by molar-refractivity contribution is 0.474. The highest BCUT2D eigenvalue weighted by atomic mass is 32.1. The number of hydrogen-bond donors (Lipinski definition) is 3. The molecule has 0 spiro atoms. The van der Waals surface area contributed by atoms with Crippen molar-refractivity contribution in [2.24, 2.45) is 5.10 Å². The van der Waals surface area contributed by atoms with Crippen molar-refractivity contribution in [2.45, 2.75) is 39.0 Å². The number of aromatic hydroxyl groups is 1. The average molecular weight is 293 g/mol. The van der Waals surface area contributed by atoms with Crippen LogP contribution in [-0.4, -0.2) is 23.0 Å². The molecule has 0 atom stereocenters. The van der Waals surface area contributed by atoms with E-state index in [4.69, 9.17) is 12.2 Å². The van der Waals surface area contributed by atoms with Gasteiger partial charge in [-0.1, -0.05) is 44.7 Å². The maximum atomic E-state index is 9.55. The summed E-state index contributed by atoms with van der Waals surface area (Å²) < 4.78 is 0. The normalized spacial score (nSPS) is 10.7. The van der Waals surface area contributed by atoms with Crippen LogP contribution in [0.1, 0.15) is 44.6 Å². The smallest absolute Gasteiger partial charge is 0.186 e. The van der Waals surface area contributed by atoms with Crippen molar-refractivity contribution >= 4 is 23.5 Å². The first-order valence-corrected chi connectivity index (χ1v) is 7.49. The Morgan fingerprint density at radius 2 is 2.00 bits per heavy atom. The molecule has 0 aromatic heterocycles. The highest BCUT2D eigenvalue weighted by Crippen LogP contribution is 2.12. The van der Waals surface area contributed by atoms with E-state index in [1.807, 2.05) is 6.07 Å². The van der Waals surface area contributed by atoms with Gasteiger partial charge in [-0.25, -0.2) is 0 Å². The summed E-state index contributed by atoms with van der Waals surface area (Å²) in [5.41, 5.74) is 3.39. The summed E-state index contributed by atoms with van der Waals surface area (Å²) in [7, 11) is 0. The lowest BCUT2D eigenvalue weighted by atomic mass is 10.1. The Labute approximate surface area is 126 Å². The molecule has 1 rings (SSSR count). The SMILES string of the molecule is CCCCCCCNC(=S)N/N=C\c1ccccc1O. The van der Waals surface area contributed by atoms with Crippen molar-refractivity contribution in [1.82, 2.24) is 10.7 Å². The summed E-state index contributed by atoms with van der Waals surface area (Å²) in [6, 6.07) is 7.01. The van der Waals surface area contributed by atoms with Crippen LogP contribution in [0.25, 0.3) is 0 Å². The van der Waals surface area contributed by atoms with Gasteiger partial charge in [0.25, 0.3) is 0 Å². The predicted molar refractivity (Wildman–Crippen MR) is 88.2 cm³/mol. The van der Waals surface area contributed by atoms with Gasteiger partial charge in [0.05, 0.1) is 6.21 Å². The zero-order chi connectivity index (χ0) is 14.6. The van der Waals surface area contributed by atoms with Crippen LogP contribution in [0.2, 0.25) is 0 Å². The third kappa shape index (κ3) is 7.09. The van der Waals surface area contributed by atoms with E-state index in [1.165, 1.54) is 25.7 Å². The van der Waals surface area contributed by atoms with Gasteiger partial charge in [0.2, 0.25) is 0 Å². The monoisotopic (exact) mass is 293 g/mol. The predicted octanol–water partition coefficient (Wildman–Crippen LogP) is 3.16. The molecule has 0 saturated heterocycles. The molecule has 0 bridgehead atoms. The van der Waals surface area contributed by atoms with Crippen LogP contribution in [0.15, 0.2) is 29.4 Å². The summed E-state index contributed by atoms with van der Waals surface area (Å²) >= 11 is 5.10. The molecule has 1 aromatic rings. The third-order valence-electron chi connectivity index (χ3n) is 2.87. The van der Waals surface area contributed by atoms with Crippen LogP contribution >= 0.6 is 12.2 Å². The molecule has 0 aliphatic rings. The molecule has 4 nitrogen and oxygen atoms in total. The van der Waals surface area contributed by atoms with Gasteiger partial charge in [0, 0.05) is 12.1 Å². The van der Waals surface area contributed by atoms with E-state index in [0.717, 1.165) is 13.0 Å². The van der Waals surface area contributed by atoms with E-state index in [9.17, 15) is 5.11 Å². The highest BCUT2D eigenvalue weighted by Gasteiger charge is 1.96. The average Bonchev–Trinajstić information content (AvgIpc) is 2.45. The molecule has 0 aliphatic carbocycles. The van der Waals surface area contributed by atoms with Crippen LogP contribution in [0.5, 0.6) is 5.75 Å². The fourth-order valence-electron chi connectivity index (χ4n) is 1.73. The number of phenols is 1. The molecular formula is C15H23N3OS. The second kappa shape index (κ2) is 10.2. The molecule has 0 radical (unpaired) electrons. The summed E-state index contributed by atoms with van der Waals surface area (Å²) in [6.45, 7) is 3.07. The topological polar surface area (TPSA) is 56.7 Å². The minimum atomic E-state index is 0.202. The molecule has 1 aromatic carbocycles. The first-order chi connectivity index (χ1) is 9.74. The lowest BCUT2D eigenvalue weighted by Gasteiger charge is -2.06. The van der Waals surface area contributed by atoms with E-state index >= 15 is 0 Å². The largest absolute Gasteiger partial charge is 0.507 e. The number of para-hydroxylation sites is 1. The first kappa shape index (κ1) is 16.4. The molecule has 3 N–H and O–H groups in total. The number of phenolic OH excluding ortho intramolecular Hbond substituents is 1. The zero-order valence-corrected chi connectivity index (χ0v) is 12.7. The maximum absolute atomic E-state index is 9.55. The summed E-state index contributed by atoms with van der Waals surface area (Å²) in [6.07, 6.45) is 7.73. The molecule has 0 amide bonds. The van der Waals surface area contributed by atoms with Gasteiger partial charge in [0.1, 0.15) is 5.75 Å². The number of thiocarbonyl (C=S) groups is 1. The van der Waals surface area contributed by atoms with E-state index in [0.29, 0.717) is 10.7 Å². The second-order valence-electron chi connectivity index (χ2n) is 4.60. The van der Waals surface area contributed by atoms with Crippen molar-refractivity contribution in [3.63, 3.8) is 0 Å². The third-order valence-corrected chi connectivity index (χ3v) is 3.11. The van der Waals surface area contributed by atoms with Gasteiger partial charge < -0.3 is 10.4 Å². The van der Waals surface area contributed by atoms with Gasteiger partial charge in [0.15, 0.2) is 5.11 Å². The Balaban J connectivity index is 2.15. The van der Waals surface area contributed by atoms with E-state index < -0.39 is 0 Å². The molecule has 0 heterocycles. The van der Waals surface area contributed by atoms with Crippen molar-refractivity contribution in [3.05, 3.63) is 29.8 Å². The molecule has 0 aliphatic heterocycles. The number of unbranched alkanes of at least 4 members (excludes halogenated alkanes) is 4. The Morgan fingerprint density at radius 3 is 2.75 bits per heavy atom. The Hall–Kier alpha value is -1.62. The van der Waals surface area contributed by atoms with Gasteiger partial charge in [-0.15, -0.1) is 0 Å². The van der Waals surface area contributed by atoms with Gasteiger partial charge in [-0.3, -0.25) is 5.43 Å². The fourth-order valence-corrected chi connectivity index (χ4v) is 1.88. The minimum Gasteiger partial charge on any atom is -0.507 e. The molecular weight excluding hydrogens is 270 g/mol. The van der Waals surface area contributed by atoms with Gasteiger partial charge in [-0.2, -0.15) is 5.10 Å². The van der Waals surface area contributed by atoms with Gasteiger partial charge in [-0.05, 0) is 30.8 Å². The molecule has 110 valence electrons. The summed E-state index contributed by atoms with van der Waals surface area (Å²) in [5, 5.41) is 17.2. The Kier molecular flexibility index (Phi) is 8.38. The summed E-state index contributed by atoms with van der Waals surface area (Å²) in [4.78, 5) is 0. The molecule has 0 unspecified atom stereocenters. The number of benzene rings is 1. The number of rotatable bonds is 8. The van der Waals surface area contributed by atoms with Crippen LogP contribution in [0.4, 0.5) is 0 Å². The standard InChI is InChI=1S/C15H23N3OS/c1-2-3-4-5-8-11-16-15(20)18-17-12-13-9-6-7-10-14(13)19/h6-7,9-10,12,19H,2-5,8,11H2,1H3,(H2,16,18,20)/b17-12-. The van der Waals surface area contributed by atoms with E-state index in [1.54, 1.807) is 24.4 Å². The lowest BCUT2D eigenvalue weighted by Crippen LogP contribution is -2.32. The van der Waals surface area contributed by atoms with Crippen LogP contribution < -0.4 is 10.7 Å². The quantitative estimate of drug-likeness (QED) is 0.298. The minimum absolute atomic E-state index is 0.202. The van der Waals surface area contributed by atoms with Crippen molar-refractivity contribution in [3.8, 4) is 5.75 Å². The maximum Gasteiger partial charge on any atom is 0.186 e. The highest BCUT2D eigenvalue weighted by molar-refractivity contribution is 7.80. The van der Waals surface area contributed by atoms with Crippen molar-refractivity contribution in [1.29, 1.82) is 0 Å². The molecule has 0 saturated carbocycles. The second-order valence-corrected chi connectivity index (χ2v) is 5.01. The molecule has 0 fully saturated rings. The van der Waals surface area contributed by atoms with Gasteiger partial charge >= 0.3 is 0 Å². The first-order valence-electron chi connectivity index (χ1n) is 7.09. The number of nitrogens with one attached hydrogen (secondary N) is 2. The van der Waals surface area contributed by atoms with Crippen LogP contribution in [0, 0.1) is 0 Å². The Bertz CT molecular complexity index is 435. The van der Waals surface area contributed by atoms with Crippen LogP contribution in [0.3, 0.4) is 0 Å². The summed E-state index contributed by atoms with van der Waals surface area (Å²) in [5.74, 6) is 0.202. The molecule has 20 heavy (non-hydrogen) atoms. The molecule has 5 heteroatoms. The van der Waals surface area contributed by atoms with Crippen molar-refractivity contribution < 1.29 is 5.11 Å². The van der Waals surface area contributed by atoms with E-state index in [2.05, 4.69) is 22.8 Å². The van der Waals surface area contributed by atoms with E-state index in [-0.39, 0.29) is 5.75 Å². The number of hydrogen-bond acceptors (Lipinski definition) is 3. The Morgan fingerprint density at radius 1 is 1.25 bits per heavy atom.